The van der Waals surface area contributed by atoms with E-state index in [2.05, 4.69) is 10.2 Å². The molecule has 0 radical (unpaired) electrons. The van der Waals surface area contributed by atoms with E-state index in [1.807, 2.05) is 30.3 Å². The molecule has 1 aliphatic heterocycles. The van der Waals surface area contributed by atoms with Crippen molar-refractivity contribution in [1.82, 2.24) is 10.2 Å². The largest absolute Gasteiger partial charge is 0.505 e. The van der Waals surface area contributed by atoms with Crippen LogP contribution in [0.4, 0.5) is 0 Å². The molecule has 2 aromatic rings. The lowest BCUT2D eigenvalue weighted by Gasteiger charge is -2.35. The van der Waals surface area contributed by atoms with Crippen LogP contribution in [-0.4, -0.2) is 48.8 Å². The van der Waals surface area contributed by atoms with Crippen LogP contribution in [-0.2, 0) is 4.74 Å². The number of amides is 1. The van der Waals surface area contributed by atoms with Crippen molar-refractivity contribution in [2.75, 3.05) is 32.8 Å². The summed E-state index contributed by atoms with van der Waals surface area (Å²) in [6.07, 6.45) is 0. The predicted octanol–water partition coefficient (Wildman–Crippen LogP) is 4.16. The first-order valence-corrected chi connectivity index (χ1v) is 9.64. The first kappa shape index (κ1) is 20.2. The van der Waals surface area contributed by atoms with Gasteiger partial charge >= 0.3 is 0 Å². The molecule has 144 valence electrons. The molecule has 2 N–H and O–H groups in total. The smallest absolute Gasteiger partial charge is 0.256 e. The lowest BCUT2D eigenvalue weighted by Crippen LogP contribution is -2.43. The summed E-state index contributed by atoms with van der Waals surface area (Å²) in [5, 5.41) is 13.0. The third-order valence-electron chi connectivity index (χ3n) is 4.50. The highest BCUT2D eigenvalue weighted by atomic mass is 35.5. The molecular weight excluding hydrogens is 411 g/mol. The molecule has 3 rings (SSSR count). The molecule has 1 heterocycles. The molecule has 1 aliphatic rings. The summed E-state index contributed by atoms with van der Waals surface area (Å²) in [7, 11) is 0. The number of benzene rings is 2. The van der Waals surface area contributed by atoms with Gasteiger partial charge in [0.2, 0.25) is 0 Å². The number of ether oxygens (including phenoxy) is 1. The number of halogens is 3. The van der Waals surface area contributed by atoms with Gasteiger partial charge < -0.3 is 15.2 Å². The van der Waals surface area contributed by atoms with E-state index in [-0.39, 0.29) is 32.4 Å². The highest BCUT2D eigenvalue weighted by Gasteiger charge is 2.25. The van der Waals surface area contributed by atoms with Gasteiger partial charge in [-0.2, -0.15) is 0 Å². The fourth-order valence-corrected chi connectivity index (χ4v) is 3.79. The van der Waals surface area contributed by atoms with Crippen molar-refractivity contribution in [3.8, 4) is 5.75 Å². The number of nitrogens with one attached hydrogen (secondary N) is 1. The monoisotopic (exact) mass is 428 g/mol. The van der Waals surface area contributed by atoms with Gasteiger partial charge in [0.1, 0.15) is 11.3 Å². The SMILES string of the molecule is O=C(NCC(c1ccccc1)N1CCOCC1)c1c(O)c(Cl)cc(Cl)c1Cl. The number of phenols is 1. The number of nitrogens with zero attached hydrogens (tertiary/aromatic N) is 1. The Bertz CT molecular complexity index is 785. The van der Waals surface area contributed by atoms with Gasteiger partial charge in [-0.15, -0.1) is 0 Å². The highest BCUT2D eigenvalue weighted by molar-refractivity contribution is 6.45. The van der Waals surface area contributed by atoms with Crippen molar-refractivity contribution in [2.45, 2.75) is 6.04 Å². The van der Waals surface area contributed by atoms with Crippen LogP contribution in [0.25, 0.3) is 0 Å². The van der Waals surface area contributed by atoms with Crippen molar-refractivity contribution >= 4 is 40.7 Å². The van der Waals surface area contributed by atoms with Crippen LogP contribution >= 0.6 is 34.8 Å². The van der Waals surface area contributed by atoms with Gasteiger partial charge in [0.05, 0.1) is 34.3 Å². The van der Waals surface area contributed by atoms with Gasteiger partial charge in [-0.05, 0) is 11.6 Å². The molecule has 8 heteroatoms. The van der Waals surface area contributed by atoms with Crippen LogP contribution in [0.15, 0.2) is 36.4 Å². The van der Waals surface area contributed by atoms with Gasteiger partial charge in [-0.3, -0.25) is 9.69 Å². The third kappa shape index (κ3) is 4.68. The lowest BCUT2D eigenvalue weighted by molar-refractivity contribution is 0.0162. The molecule has 0 bridgehead atoms. The van der Waals surface area contributed by atoms with E-state index >= 15 is 0 Å². The number of morpholine rings is 1. The molecule has 1 amide bonds. The Morgan fingerprint density at radius 3 is 2.48 bits per heavy atom. The van der Waals surface area contributed by atoms with Crippen molar-refractivity contribution in [2.24, 2.45) is 0 Å². The number of rotatable bonds is 5. The zero-order chi connectivity index (χ0) is 19.4. The van der Waals surface area contributed by atoms with Crippen LogP contribution in [0.2, 0.25) is 15.1 Å². The van der Waals surface area contributed by atoms with Crippen LogP contribution in [0.3, 0.4) is 0 Å². The molecule has 0 aromatic heterocycles. The summed E-state index contributed by atoms with van der Waals surface area (Å²) in [5.41, 5.74) is 0.960. The van der Waals surface area contributed by atoms with Crippen LogP contribution in [0.5, 0.6) is 5.75 Å². The maximum absolute atomic E-state index is 12.7. The van der Waals surface area contributed by atoms with Gasteiger partial charge in [0, 0.05) is 19.6 Å². The Morgan fingerprint density at radius 1 is 1.15 bits per heavy atom. The quantitative estimate of drug-likeness (QED) is 0.701. The number of aromatic hydroxyl groups is 1. The van der Waals surface area contributed by atoms with Gasteiger partial charge in [-0.25, -0.2) is 0 Å². The summed E-state index contributed by atoms with van der Waals surface area (Å²) in [6, 6.07) is 11.2. The molecule has 0 saturated carbocycles. The van der Waals surface area contributed by atoms with E-state index in [1.165, 1.54) is 6.07 Å². The summed E-state index contributed by atoms with van der Waals surface area (Å²) in [5.74, 6) is -0.915. The third-order valence-corrected chi connectivity index (χ3v) is 5.57. The Balaban J connectivity index is 1.80. The van der Waals surface area contributed by atoms with Crippen LogP contribution in [0, 0.1) is 0 Å². The molecule has 2 aromatic carbocycles. The fraction of sp³-hybridized carbons (Fsp3) is 0.316. The molecule has 27 heavy (non-hydrogen) atoms. The van der Waals surface area contributed by atoms with Gasteiger partial charge in [0.25, 0.3) is 5.91 Å². The first-order valence-electron chi connectivity index (χ1n) is 8.50. The minimum absolute atomic E-state index is 0.0256. The lowest BCUT2D eigenvalue weighted by atomic mass is 10.0. The Morgan fingerprint density at radius 2 is 1.81 bits per heavy atom. The molecule has 0 spiro atoms. The zero-order valence-electron chi connectivity index (χ0n) is 14.4. The van der Waals surface area contributed by atoms with E-state index in [1.54, 1.807) is 0 Å². The molecular formula is C19H19Cl3N2O3. The maximum Gasteiger partial charge on any atom is 0.256 e. The van der Waals surface area contributed by atoms with Crippen molar-refractivity contribution in [1.29, 1.82) is 0 Å². The average molecular weight is 430 g/mol. The second kappa shape index (κ2) is 9.13. The molecule has 1 atom stereocenters. The Kier molecular flexibility index (Phi) is 6.84. The Hall–Kier alpha value is -1.50. The number of phenolic OH excluding ortho intramolecular Hbond substituents is 1. The zero-order valence-corrected chi connectivity index (χ0v) is 16.7. The summed E-state index contributed by atoms with van der Waals surface area (Å²) in [6.45, 7) is 3.17. The minimum Gasteiger partial charge on any atom is -0.505 e. The molecule has 5 nitrogen and oxygen atoms in total. The predicted molar refractivity (Wildman–Crippen MR) is 107 cm³/mol. The second-order valence-electron chi connectivity index (χ2n) is 6.16. The van der Waals surface area contributed by atoms with E-state index in [9.17, 15) is 9.90 Å². The van der Waals surface area contributed by atoms with Crippen molar-refractivity contribution in [3.05, 3.63) is 62.6 Å². The summed E-state index contributed by atoms with van der Waals surface area (Å²) < 4.78 is 5.43. The maximum atomic E-state index is 12.7. The molecule has 1 fully saturated rings. The Labute approximate surface area is 172 Å². The highest BCUT2D eigenvalue weighted by Crippen LogP contribution is 2.38. The molecule has 0 aliphatic carbocycles. The van der Waals surface area contributed by atoms with Gasteiger partial charge in [-0.1, -0.05) is 65.1 Å². The van der Waals surface area contributed by atoms with E-state index in [0.717, 1.165) is 18.7 Å². The van der Waals surface area contributed by atoms with E-state index in [0.29, 0.717) is 19.8 Å². The number of carbonyl (C=O) groups excluding carboxylic acids is 1. The standard InChI is InChI=1S/C19H19Cl3N2O3/c20-13-10-14(21)18(25)16(17(13)22)19(26)23-11-15(12-4-2-1-3-5-12)24-6-8-27-9-7-24/h1-5,10,15,25H,6-9,11H2,(H,23,26). The van der Waals surface area contributed by atoms with Crippen molar-refractivity contribution in [3.63, 3.8) is 0 Å². The summed E-state index contributed by atoms with van der Waals surface area (Å²) >= 11 is 18.0. The van der Waals surface area contributed by atoms with E-state index in [4.69, 9.17) is 39.5 Å². The normalized spacial score (nSPS) is 16.1. The average Bonchev–Trinajstić information content (AvgIpc) is 2.68. The van der Waals surface area contributed by atoms with Crippen molar-refractivity contribution < 1.29 is 14.6 Å². The number of hydrogen-bond donors (Lipinski definition) is 2. The van der Waals surface area contributed by atoms with Gasteiger partial charge in [0.15, 0.2) is 0 Å². The second-order valence-corrected chi connectivity index (χ2v) is 7.36. The number of carbonyl (C=O) groups is 1. The van der Waals surface area contributed by atoms with Crippen LogP contribution in [0.1, 0.15) is 22.0 Å². The van der Waals surface area contributed by atoms with Crippen LogP contribution < -0.4 is 5.32 Å². The first-order chi connectivity index (χ1) is 13.0. The topological polar surface area (TPSA) is 61.8 Å². The molecule has 1 saturated heterocycles. The molecule has 1 unspecified atom stereocenters. The number of hydrogen-bond acceptors (Lipinski definition) is 4. The fourth-order valence-electron chi connectivity index (χ4n) is 3.09. The van der Waals surface area contributed by atoms with E-state index < -0.39 is 5.91 Å². The summed E-state index contributed by atoms with van der Waals surface area (Å²) in [4.78, 5) is 14.9. The minimum atomic E-state index is -0.531.